The van der Waals surface area contributed by atoms with Crippen LogP contribution in [0.2, 0.25) is 0 Å². The normalized spacial score (nSPS) is 12.1. The van der Waals surface area contributed by atoms with E-state index in [0.29, 0.717) is 24.6 Å². The number of carbonyl (C=O) groups excluding carboxylic acids is 1. The standard InChI is InChI=1S/C17H23N3O2/c1-4-5-13(3)18-15(21)10-11-16-19-20-17(22-16)14-8-6-12(2)7-9-14/h6-9,13H,4-5,10-11H2,1-3H3,(H,18,21). The van der Waals surface area contributed by atoms with Crippen molar-refractivity contribution in [1.82, 2.24) is 15.5 Å². The maximum Gasteiger partial charge on any atom is 0.247 e. The molecular formula is C17H23N3O2. The molecule has 118 valence electrons. The summed E-state index contributed by atoms with van der Waals surface area (Å²) in [5.41, 5.74) is 2.08. The van der Waals surface area contributed by atoms with E-state index in [9.17, 15) is 4.79 Å². The van der Waals surface area contributed by atoms with E-state index in [4.69, 9.17) is 4.42 Å². The Morgan fingerprint density at radius 2 is 2.00 bits per heavy atom. The van der Waals surface area contributed by atoms with Crippen LogP contribution in [0.15, 0.2) is 28.7 Å². The molecule has 0 aliphatic rings. The van der Waals surface area contributed by atoms with Gasteiger partial charge in [0.25, 0.3) is 0 Å². The molecule has 1 heterocycles. The number of benzene rings is 1. The Hall–Kier alpha value is -2.17. The Labute approximate surface area is 131 Å². The van der Waals surface area contributed by atoms with Crippen LogP contribution in [0, 0.1) is 6.92 Å². The summed E-state index contributed by atoms with van der Waals surface area (Å²) in [6, 6.07) is 8.12. The average molecular weight is 301 g/mol. The van der Waals surface area contributed by atoms with Crippen molar-refractivity contribution in [1.29, 1.82) is 0 Å². The Bertz CT molecular complexity index is 605. The number of carbonyl (C=O) groups is 1. The summed E-state index contributed by atoms with van der Waals surface area (Å²) in [7, 11) is 0. The van der Waals surface area contributed by atoms with E-state index in [1.54, 1.807) is 0 Å². The highest BCUT2D eigenvalue weighted by Gasteiger charge is 2.11. The number of hydrogen-bond acceptors (Lipinski definition) is 4. The molecule has 0 aliphatic carbocycles. The van der Waals surface area contributed by atoms with Gasteiger partial charge in [0.1, 0.15) is 0 Å². The summed E-state index contributed by atoms with van der Waals surface area (Å²) in [5, 5.41) is 11.0. The van der Waals surface area contributed by atoms with Crippen LogP contribution in [0.4, 0.5) is 0 Å². The largest absolute Gasteiger partial charge is 0.421 e. The lowest BCUT2D eigenvalue weighted by molar-refractivity contribution is -0.121. The minimum absolute atomic E-state index is 0.0241. The SMILES string of the molecule is CCCC(C)NC(=O)CCc1nnc(-c2ccc(C)cc2)o1. The lowest BCUT2D eigenvalue weighted by Crippen LogP contribution is -2.32. The van der Waals surface area contributed by atoms with Crippen LogP contribution in [-0.2, 0) is 11.2 Å². The molecule has 0 saturated carbocycles. The molecule has 0 bridgehead atoms. The molecule has 0 saturated heterocycles. The lowest BCUT2D eigenvalue weighted by Gasteiger charge is -2.11. The first-order valence-electron chi connectivity index (χ1n) is 7.77. The molecule has 1 N–H and O–H groups in total. The highest BCUT2D eigenvalue weighted by atomic mass is 16.4. The van der Waals surface area contributed by atoms with Crippen LogP contribution in [0.5, 0.6) is 0 Å². The van der Waals surface area contributed by atoms with Gasteiger partial charge in [0.2, 0.25) is 17.7 Å². The van der Waals surface area contributed by atoms with Crippen LogP contribution in [0.3, 0.4) is 0 Å². The van der Waals surface area contributed by atoms with Crippen LogP contribution in [0.25, 0.3) is 11.5 Å². The molecule has 0 radical (unpaired) electrons. The van der Waals surface area contributed by atoms with Gasteiger partial charge in [0.05, 0.1) is 0 Å². The zero-order valence-corrected chi connectivity index (χ0v) is 13.4. The molecule has 5 heteroatoms. The lowest BCUT2D eigenvalue weighted by atomic mass is 10.1. The van der Waals surface area contributed by atoms with E-state index in [2.05, 4.69) is 22.4 Å². The van der Waals surface area contributed by atoms with E-state index < -0.39 is 0 Å². The monoisotopic (exact) mass is 301 g/mol. The number of amides is 1. The van der Waals surface area contributed by atoms with Gasteiger partial charge in [-0.05, 0) is 32.4 Å². The van der Waals surface area contributed by atoms with Crippen molar-refractivity contribution in [3.8, 4) is 11.5 Å². The van der Waals surface area contributed by atoms with Crippen molar-refractivity contribution in [2.24, 2.45) is 0 Å². The quantitative estimate of drug-likeness (QED) is 0.852. The minimum atomic E-state index is 0.0241. The van der Waals surface area contributed by atoms with Gasteiger partial charge in [-0.15, -0.1) is 10.2 Å². The van der Waals surface area contributed by atoms with Gasteiger partial charge >= 0.3 is 0 Å². The summed E-state index contributed by atoms with van der Waals surface area (Å²) in [4.78, 5) is 11.8. The molecule has 22 heavy (non-hydrogen) atoms. The van der Waals surface area contributed by atoms with Crippen molar-refractivity contribution in [3.63, 3.8) is 0 Å². The molecule has 2 aromatic rings. The Morgan fingerprint density at radius 3 is 2.68 bits per heavy atom. The number of hydrogen-bond donors (Lipinski definition) is 1. The Kier molecular flexibility index (Phi) is 5.69. The first-order chi connectivity index (χ1) is 10.6. The predicted molar refractivity (Wildman–Crippen MR) is 85.3 cm³/mol. The Morgan fingerprint density at radius 1 is 1.27 bits per heavy atom. The summed E-state index contributed by atoms with van der Waals surface area (Å²) < 4.78 is 5.61. The second kappa shape index (κ2) is 7.73. The maximum atomic E-state index is 11.8. The average Bonchev–Trinajstić information content (AvgIpc) is 2.95. The molecule has 0 spiro atoms. The third kappa shape index (κ3) is 4.69. The fraction of sp³-hybridized carbons (Fsp3) is 0.471. The third-order valence-electron chi connectivity index (χ3n) is 3.46. The number of aryl methyl sites for hydroxylation is 2. The van der Waals surface area contributed by atoms with E-state index in [1.807, 2.05) is 38.1 Å². The second-order valence-corrected chi connectivity index (χ2v) is 5.62. The molecular weight excluding hydrogens is 278 g/mol. The number of nitrogens with one attached hydrogen (secondary N) is 1. The van der Waals surface area contributed by atoms with Gasteiger partial charge in [-0.3, -0.25) is 4.79 Å². The number of aromatic nitrogens is 2. The fourth-order valence-electron chi connectivity index (χ4n) is 2.24. The predicted octanol–water partition coefficient (Wildman–Crippen LogP) is 3.28. The van der Waals surface area contributed by atoms with Crippen molar-refractivity contribution in [2.45, 2.75) is 52.5 Å². The molecule has 1 atom stereocenters. The molecule has 0 fully saturated rings. The summed E-state index contributed by atoms with van der Waals surface area (Å²) in [6.07, 6.45) is 2.88. The highest BCUT2D eigenvalue weighted by Crippen LogP contribution is 2.18. The van der Waals surface area contributed by atoms with Crippen LogP contribution in [-0.4, -0.2) is 22.1 Å². The molecule has 1 aromatic carbocycles. The smallest absolute Gasteiger partial charge is 0.247 e. The van der Waals surface area contributed by atoms with Gasteiger partial charge < -0.3 is 9.73 Å². The van der Waals surface area contributed by atoms with Crippen LogP contribution < -0.4 is 5.32 Å². The number of rotatable bonds is 7. The third-order valence-corrected chi connectivity index (χ3v) is 3.46. The molecule has 2 rings (SSSR count). The van der Waals surface area contributed by atoms with Gasteiger partial charge in [0.15, 0.2) is 0 Å². The maximum absolute atomic E-state index is 11.8. The summed E-state index contributed by atoms with van der Waals surface area (Å²) in [6.45, 7) is 6.15. The highest BCUT2D eigenvalue weighted by molar-refractivity contribution is 5.76. The molecule has 1 aromatic heterocycles. The molecule has 1 amide bonds. The van der Waals surface area contributed by atoms with Crippen molar-refractivity contribution >= 4 is 5.91 Å². The molecule has 0 aliphatic heterocycles. The summed E-state index contributed by atoms with van der Waals surface area (Å²) in [5.74, 6) is 1.01. The van der Waals surface area contributed by atoms with E-state index >= 15 is 0 Å². The van der Waals surface area contributed by atoms with Crippen molar-refractivity contribution in [2.75, 3.05) is 0 Å². The van der Waals surface area contributed by atoms with Crippen LogP contribution >= 0.6 is 0 Å². The number of nitrogens with zero attached hydrogens (tertiary/aromatic N) is 2. The van der Waals surface area contributed by atoms with Gasteiger partial charge in [0, 0.05) is 24.4 Å². The Balaban J connectivity index is 1.87. The van der Waals surface area contributed by atoms with Crippen LogP contribution in [0.1, 0.15) is 44.6 Å². The topological polar surface area (TPSA) is 68.0 Å². The first-order valence-corrected chi connectivity index (χ1v) is 7.77. The molecule has 5 nitrogen and oxygen atoms in total. The second-order valence-electron chi connectivity index (χ2n) is 5.62. The van der Waals surface area contributed by atoms with Gasteiger partial charge in [-0.1, -0.05) is 31.0 Å². The van der Waals surface area contributed by atoms with Crippen molar-refractivity contribution < 1.29 is 9.21 Å². The summed E-state index contributed by atoms with van der Waals surface area (Å²) >= 11 is 0. The fourth-order valence-corrected chi connectivity index (χ4v) is 2.24. The van der Waals surface area contributed by atoms with E-state index in [-0.39, 0.29) is 11.9 Å². The van der Waals surface area contributed by atoms with Gasteiger partial charge in [-0.2, -0.15) is 0 Å². The van der Waals surface area contributed by atoms with Gasteiger partial charge in [-0.25, -0.2) is 0 Å². The zero-order valence-electron chi connectivity index (χ0n) is 13.4. The van der Waals surface area contributed by atoms with Crippen molar-refractivity contribution in [3.05, 3.63) is 35.7 Å². The molecule has 1 unspecified atom stereocenters. The first kappa shape index (κ1) is 16.2. The van der Waals surface area contributed by atoms with E-state index in [1.165, 1.54) is 5.56 Å². The zero-order chi connectivity index (χ0) is 15.9. The van der Waals surface area contributed by atoms with E-state index in [0.717, 1.165) is 18.4 Å². The minimum Gasteiger partial charge on any atom is -0.421 e.